The molecule has 0 bridgehead atoms. The predicted octanol–water partition coefficient (Wildman–Crippen LogP) is 5.87. The van der Waals surface area contributed by atoms with Crippen LogP contribution in [0.25, 0.3) is 0 Å². The summed E-state index contributed by atoms with van der Waals surface area (Å²) in [5.41, 5.74) is 1.65. The largest absolute Gasteiger partial charge is 0.342 e. The van der Waals surface area contributed by atoms with Crippen molar-refractivity contribution in [1.82, 2.24) is 4.90 Å². The highest BCUT2D eigenvalue weighted by molar-refractivity contribution is 6.42. The first-order valence-corrected chi connectivity index (χ1v) is 10.6. The maximum atomic E-state index is 12.8. The van der Waals surface area contributed by atoms with Gasteiger partial charge in [0.1, 0.15) is 0 Å². The number of carbonyl (C=O) groups excluding carboxylic acids is 2. The van der Waals surface area contributed by atoms with Crippen LogP contribution in [0.5, 0.6) is 0 Å². The summed E-state index contributed by atoms with van der Waals surface area (Å²) in [5.74, 6) is 0.412. The number of Topliss-reactive ketones (excluding diaryl/α,β-unsaturated/α-hetero) is 1. The van der Waals surface area contributed by atoms with Crippen LogP contribution in [0.1, 0.15) is 41.1 Å². The number of nitrogens with zero attached hydrogens (tertiary/aromatic N) is 1. The lowest BCUT2D eigenvalue weighted by Gasteiger charge is -2.31. The van der Waals surface area contributed by atoms with Crippen LogP contribution in [-0.2, 0) is 4.79 Å². The monoisotopic (exact) mass is 435 g/mol. The van der Waals surface area contributed by atoms with Crippen LogP contribution in [-0.4, -0.2) is 29.7 Å². The minimum absolute atomic E-state index is 0.0159. The first-order valence-electron chi connectivity index (χ1n) is 9.48. The number of amides is 1. The van der Waals surface area contributed by atoms with Gasteiger partial charge in [-0.3, -0.25) is 9.59 Å². The molecule has 1 saturated heterocycles. The Morgan fingerprint density at radius 2 is 1.61 bits per heavy atom. The quantitative estimate of drug-likeness (QED) is 0.562. The number of halogens is 3. The van der Waals surface area contributed by atoms with Crippen LogP contribution in [0.15, 0.2) is 42.5 Å². The summed E-state index contributed by atoms with van der Waals surface area (Å²) in [7, 11) is 0. The number of ketones is 1. The average Bonchev–Trinajstić information content (AvgIpc) is 3.50. The van der Waals surface area contributed by atoms with Crippen molar-refractivity contribution in [1.29, 1.82) is 0 Å². The van der Waals surface area contributed by atoms with E-state index < -0.39 is 0 Å². The number of likely N-dealkylation sites (tertiary alicyclic amines) is 1. The molecule has 3 nitrogen and oxygen atoms in total. The summed E-state index contributed by atoms with van der Waals surface area (Å²) >= 11 is 18.2. The SMILES string of the molecule is O=C(c1ccc(Cl)c(Cl)c1)C1CCN(C(=O)C2CC2c2ccccc2Cl)CC1. The highest BCUT2D eigenvalue weighted by atomic mass is 35.5. The molecule has 2 aromatic rings. The Kier molecular flexibility index (Phi) is 5.69. The van der Waals surface area contributed by atoms with Gasteiger partial charge in [0.2, 0.25) is 5.91 Å². The van der Waals surface area contributed by atoms with E-state index in [0.717, 1.165) is 17.0 Å². The molecular formula is C22H20Cl3NO2. The molecule has 0 radical (unpaired) electrons. The Balaban J connectivity index is 1.34. The van der Waals surface area contributed by atoms with Crippen LogP contribution in [0.3, 0.4) is 0 Å². The Hall–Kier alpha value is -1.55. The van der Waals surface area contributed by atoms with Crippen molar-refractivity contribution in [3.05, 3.63) is 68.7 Å². The van der Waals surface area contributed by atoms with Crippen molar-refractivity contribution in [2.75, 3.05) is 13.1 Å². The molecule has 2 fully saturated rings. The molecule has 1 saturated carbocycles. The molecule has 28 heavy (non-hydrogen) atoms. The summed E-state index contributed by atoms with van der Waals surface area (Å²) in [5, 5.41) is 1.56. The summed E-state index contributed by atoms with van der Waals surface area (Å²) < 4.78 is 0. The molecule has 1 aliphatic heterocycles. The van der Waals surface area contributed by atoms with E-state index in [1.807, 2.05) is 29.2 Å². The summed E-state index contributed by atoms with van der Waals surface area (Å²) in [4.78, 5) is 27.5. The zero-order valence-electron chi connectivity index (χ0n) is 15.2. The van der Waals surface area contributed by atoms with E-state index in [1.54, 1.807) is 18.2 Å². The lowest BCUT2D eigenvalue weighted by atomic mass is 9.88. The lowest BCUT2D eigenvalue weighted by molar-refractivity contribution is -0.133. The number of piperidine rings is 1. The van der Waals surface area contributed by atoms with Gasteiger partial charge in [-0.05, 0) is 55.0 Å². The molecular weight excluding hydrogens is 417 g/mol. The number of benzene rings is 2. The zero-order valence-corrected chi connectivity index (χ0v) is 17.5. The van der Waals surface area contributed by atoms with Crippen LogP contribution >= 0.6 is 34.8 Å². The molecule has 2 unspecified atom stereocenters. The Labute approximate surface area is 179 Å². The standard InChI is InChI=1S/C22H20Cl3NO2/c23-18-4-2-1-3-15(18)16-12-17(16)22(28)26-9-7-13(8-10-26)21(27)14-5-6-19(24)20(25)11-14/h1-6,11,13,16-17H,7-10,12H2. The zero-order chi connectivity index (χ0) is 19.8. The fraction of sp³-hybridized carbons (Fsp3) is 0.364. The van der Waals surface area contributed by atoms with E-state index in [0.29, 0.717) is 41.5 Å². The molecule has 4 rings (SSSR count). The van der Waals surface area contributed by atoms with Crippen molar-refractivity contribution in [2.45, 2.75) is 25.2 Å². The number of hydrogen-bond acceptors (Lipinski definition) is 2. The minimum Gasteiger partial charge on any atom is -0.342 e. The van der Waals surface area contributed by atoms with E-state index >= 15 is 0 Å². The van der Waals surface area contributed by atoms with Crippen LogP contribution in [0.2, 0.25) is 15.1 Å². The normalized spacial score (nSPS) is 22.2. The van der Waals surface area contributed by atoms with E-state index in [-0.39, 0.29) is 29.4 Å². The molecule has 146 valence electrons. The van der Waals surface area contributed by atoms with Crippen molar-refractivity contribution in [3.8, 4) is 0 Å². The third-order valence-electron chi connectivity index (χ3n) is 5.79. The lowest BCUT2D eigenvalue weighted by Crippen LogP contribution is -2.41. The Bertz CT molecular complexity index is 922. The summed E-state index contributed by atoms with van der Waals surface area (Å²) in [6.07, 6.45) is 2.20. The van der Waals surface area contributed by atoms with Gasteiger partial charge in [-0.25, -0.2) is 0 Å². The topological polar surface area (TPSA) is 37.4 Å². The molecule has 6 heteroatoms. The van der Waals surface area contributed by atoms with Crippen molar-refractivity contribution < 1.29 is 9.59 Å². The number of hydrogen-bond donors (Lipinski definition) is 0. The van der Waals surface area contributed by atoms with E-state index in [1.165, 1.54) is 0 Å². The van der Waals surface area contributed by atoms with Gasteiger partial charge in [-0.1, -0.05) is 53.0 Å². The first kappa shape index (κ1) is 19.8. The van der Waals surface area contributed by atoms with E-state index in [9.17, 15) is 9.59 Å². The van der Waals surface area contributed by atoms with Gasteiger partial charge >= 0.3 is 0 Å². The second-order valence-corrected chi connectivity index (χ2v) is 8.78. The highest BCUT2D eigenvalue weighted by Gasteiger charge is 2.47. The van der Waals surface area contributed by atoms with Crippen molar-refractivity contribution in [2.24, 2.45) is 11.8 Å². The van der Waals surface area contributed by atoms with Gasteiger partial charge in [0, 0.05) is 35.5 Å². The average molecular weight is 437 g/mol. The maximum Gasteiger partial charge on any atom is 0.226 e. The Morgan fingerprint density at radius 3 is 2.29 bits per heavy atom. The van der Waals surface area contributed by atoms with Gasteiger partial charge in [0.05, 0.1) is 10.0 Å². The molecule has 1 amide bonds. The van der Waals surface area contributed by atoms with Gasteiger partial charge < -0.3 is 4.90 Å². The highest BCUT2D eigenvalue weighted by Crippen LogP contribution is 2.50. The van der Waals surface area contributed by atoms with E-state index in [4.69, 9.17) is 34.8 Å². The van der Waals surface area contributed by atoms with Crippen molar-refractivity contribution in [3.63, 3.8) is 0 Å². The number of carbonyl (C=O) groups is 2. The summed E-state index contributed by atoms with van der Waals surface area (Å²) in [6, 6.07) is 12.7. The Morgan fingerprint density at radius 1 is 0.893 bits per heavy atom. The predicted molar refractivity (Wildman–Crippen MR) is 112 cm³/mol. The van der Waals surface area contributed by atoms with Gasteiger partial charge in [0.25, 0.3) is 0 Å². The first-order chi connectivity index (χ1) is 13.5. The molecule has 1 heterocycles. The van der Waals surface area contributed by atoms with Gasteiger partial charge in [-0.15, -0.1) is 0 Å². The molecule has 2 aromatic carbocycles. The molecule has 0 aromatic heterocycles. The van der Waals surface area contributed by atoms with Crippen molar-refractivity contribution >= 4 is 46.5 Å². The molecule has 0 N–H and O–H groups in total. The number of rotatable bonds is 4. The van der Waals surface area contributed by atoms with E-state index in [2.05, 4.69) is 0 Å². The smallest absolute Gasteiger partial charge is 0.226 e. The van der Waals surface area contributed by atoms with Crippen LogP contribution < -0.4 is 0 Å². The third-order valence-corrected chi connectivity index (χ3v) is 6.88. The third kappa shape index (κ3) is 3.94. The van der Waals surface area contributed by atoms with Gasteiger partial charge in [-0.2, -0.15) is 0 Å². The summed E-state index contributed by atoms with van der Waals surface area (Å²) in [6.45, 7) is 1.23. The fourth-order valence-corrected chi connectivity index (χ4v) is 4.64. The van der Waals surface area contributed by atoms with Crippen LogP contribution in [0, 0.1) is 11.8 Å². The second-order valence-electron chi connectivity index (χ2n) is 7.56. The van der Waals surface area contributed by atoms with Gasteiger partial charge in [0.15, 0.2) is 5.78 Å². The van der Waals surface area contributed by atoms with Crippen LogP contribution in [0.4, 0.5) is 0 Å². The molecule has 1 aliphatic carbocycles. The maximum absolute atomic E-state index is 12.8. The molecule has 2 atom stereocenters. The molecule has 2 aliphatic rings. The molecule has 0 spiro atoms. The minimum atomic E-state index is -0.0835. The second kappa shape index (κ2) is 8.06. The fourth-order valence-electron chi connectivity index (χ4n) is 4.07.